The van der Waals surface area contributed by atoms with Crippen LogP contribution in [-0.4, -0.2) is 39.1 Å². The third-order valence-corrected chi connectivity index (χ3v) is 5.19. The van der Waals surface area contributed by atoms with Gasteiger partial charge in [-0.3, -0.25) is 9.98 Å². The number of aliphatic imine (C=N–C) groups is 2. The van der Waals surface area contributed by atoms with Crippen molar-refractivity contribution in [2.45, 2.75) is 0 Å². The van der Waals surface area contributed by atoms with Crippen LogP contribution in [0.1, 0.15) is 5.69 Å². The number of aromatic nitrogens is 4. The SMILES string of the molecule is C=NC(=NC)c1nc(-c2cnc(-c3cccnc3)s2)cc2c1ccn2C. The molecule has 0 aliphatic heterocycles. The van der Waals surface area contributed by atoms with Crippen molar-refractivity contribution in [1.29, 1.82) is 0 Å². The lowest BCUT2D eigenvalue weighted by atomic mass is 10.2. The lowest BCUT2D eigenvalue weighted by molar-refractivity contribution is 0.968. The van der Waals surface area contributed by atoms with Gasteiger partial charge in [0.25, 0.3) is 0 Å². The van der Waals surface area contributed by atoms with Gasteiger partial charge in [0.2, 0.25) is 0 Å². The fourth-order valence-corrected chi connectivity index (χ4v) is 3.69. The van der Waals surface area contributed by atoms with Crippen LogP contribution in [0.15, 0.2) is 59.0 Å². The third-order valence-electron chi connectivity index (χ3n) is 4.12. The van der Waals surface area contributed by atoms with E-state index in [0.717, 1.165) is 37.7 Å². The second-order valence-corrected chi connectivity index (χ2v) is 6.72. The van der Waals surface area contributed by atoms with Crippen molar-refractivity contribution in [2.75, 3.05) is 7.05 Å². The van der Waals surface area contributed by atoms with Crippen molar-refractivity contribution in [3.8, 4) is 21.1 Å². The molecule has 0 N–H and O–H groups in total. The maximum absolute atomic E-state index is 4.81. The highest BCUT2D eigenvalue weighted by molar-refractivity contribution is 7.18. The standard InChI is InChI=1S/C19H16N6S/c1-20-18(21-2)17-13-6-8-25(3)15(13)9-14(24-17)16-11-23-19(26-16)12-5-4-7-22-10-12/h4-11H,1H2,2-3H3. The summed E-state index contributed by atoms with van der Waals surface area (Å²) in [4.78, 5) is 22.7. The first-order valence-electron chi connectivity index (χ1n) is 7.98. The zero-order valence-electron chi connectivity index (χ0n) is 14.4. The molecule has 0 aromatic carbocycles. The van der Waals surface area contributed by atoms with Gasteiger partial charge < -0.3 is 4.57 Å². The maximum atomic E-state index is 4.81. The molecule has 0 saturated heterocycles. The average molecular weight is 360 g/mol. The van der Waals surface area contributed by atoms with Crippen molar-refractivity contribution >= 4 is 34.8 Å². The van der Waals surface area contributed by atoms with E-state index in [4.69, 9.17) is 4.98 Å². The number of nitrogens with zero attached hydrogens (tertiary/aromatic N) is 6. The second-order valence-electron chi connectivity index (χ2n) is 5.69. The number of rotatable bonds is 3. The first kappa shape index (κ1) is 16.3. The Morgan fingerprint density at radius 2 is 2.15 bits per heavy atom. The minimum Gasteiger partial charge on any atom is -0.350 e. The zero-order chi connectivity index (χ0) is 18.1. The Labute approximate surface area is 154 Å². The fraction of sp³-hybridized carbons (Fsp3) is 0.105. The van der Waals surface area contributed by atoms with Crippen LogP contribution in [0.2, 0.25) is 0 Å². The van der Waals surface area contributed by atoms with E-state index < -0.39 is 0 Å². The van der Waals surface area contributed by atoms with Crippen molar-refractivity contribution in [2.24, 2.45) is 17.0 Å². The number of amidine groups is 1. The van der Waals surface area contributed by atoms with Crippen LogP contribution < -0.4 is 0 Å². The molecular weight excluding hydrogens is 344 g/mol. The van der Waals surface area contributed by atoms with Crippen LogP contribution in [0.3, 0.4) is 0 Å². The van der Waals surface area contributed by atoms with E-state index in [1.54, 1.807) is 24.6 Å². The molecule has 26 heavy (non-hydrogen) atoms. The number of aryl methyl sites for hydroxylation is 1. The Kier molecular flexibility index (Phi) is 4.14. The van der Waals surface area contributed by atoms with Crippen LogP contribution in [0, 0.1) is 0 Å². The predicted octanol–water partition coefficient (Wildman–Crippen LogP) is 3.84. The van der Waals surface area contributed by atoms with Crippen molar-refractivity contribution in [3.05, 3.63) is 54.7 Å². The summed E-state index contributed by atoms with van der Waals surface area (Å²) in [6, 6.07) is 7.99. The van der Waals surface area contributed by atoms with Crippen LogP contribution in [0.25, 0.3) is 32.0 Å². The molecule has 6 nitrogen and oxygen atoms in total. The highest BCUT2D eigenvalue weighted by Crippen LogP contribution is 2.33. The fourth-order valence-electron chi connectivity index (χ4n) is 2.83. The van der Waals surface area contributed by atoms with E-state index >= 15 is 0 Å². The van der Waals surface area contributed by atoms with Gasteiger partial charge in [0.05, 0.1) is 16.1 Å². The molecule has 0 bridgehead atoms. The number of thiazole rings is 1. The van der Waals surface area contributed by atoms with E-state index in [1.165, 1.54) is 0 Å². The number of hydrogen-bond acceptors (Lipinski definition) is 5. The quantitative estimate of drug-likeness (QED) is 0.412. The Hall–Kier alpha value is -3.19. The van der Waals surface area contributed by atoms with Crippen LogP contribution in [0.5, 0.6) is 0 Å². The summed E-state index contributed by atoms with van der Waals surface area (Å²) >= 11 is 1.58. The van der Waals surface area contributed by atoms with Crippen LogP contribution in [-0.2, 0) is 7.05 Å². The van der Waals surface area contributed by atoms with E-state index in [9.17, 15) is 0 Å². The molecule has 0 radical (unpaired) electrons. The summed E-state index contributed by atoms with van der Waals surface area (Å²) in [5.41, 5.74) is 3.62. The van der Waals surface area contributed by atoms with E-state index in [2.05, 4.69) is 37.3 Å². The Balaban J connectivity index is 1.88. The van der Waals surface area contributed by atoms with Gasteiger partial charge in [-0.25, -0.2) is 15.0 Å². The van der Waals surface area contributed by atoms with Crippen molar-refractivity contribution < 1.29 is 0 Å². The van der Waals surface area contributed by atoms with Crippen molar-refractivity contribution in [1.82, 2.24) is 19.5 Å². The van der Waals surface area contributed by atoms with Gasteiger partial charge in [-0.1, -0.05) is 0 Å². The number of pyridine rings is 2. The molecule has 128 valence electrons. The number of fused-ring (bicyclic) bond motifs is 1. The molecule has 0 atom stereocenters. The molecule has 4 aromatic heterocycles. The topological polar surface area (TPSA) is 68.3 Å². The highest BCUT2D eigenvalue weighted by Gasteiger charge is 2.16. The average Bonchev–Trinajstić information content (AvgIpc) is 3.31. The first-order valence-corrected chi connectivity index (χ1v) is 8.79. The third kappa shape index (κ3) is 2.72. The van der Waals surface area contributed by atoms with Crippen LogP contribution in [0.4, 0.5) is 0 Å². The summed E-state index contributed by atoms with van der Waals surface area (Å²) in [6.45, 7) is 3.62. The van der Waals surface area contributed by atoms with Gasteiger partial charge in [0.1, 0.15) is 10.7 Å². The maximum Gasteiger partial charge on any atom is 0.173 e. The Bertz CT molecular complexity index is 1120. The van der Waals surface area contributed by atoms with Crippen molar-refractivity contribution in [3.63, 3.8) is 0 Å². The summed E-state index contributed by atoms with van der Waals surface area (Å²) < 4.78 is 2.06. The summed E-state index contributed by atoms with van der Waals surface area (Å²) in [5, 5.41) is 1.91. The lowest BCUT2D eigenvalue weighted by Gasteiger charge is -2.06. The molecule has 0 aliphatic rings. The summed E-state index contributed by atoms with van der Waals surface area (Å²) in [6.07, 6.45) is 7.41. The Morgan fingerprint density at radius 3 is 2.88 bits per heavy atom. The molecule has 0 amide bonds. The summed E-state index contributed by atoms with van der Waals surface area (Å²) in [7, 11) is 3.70. The first-order chi connectivity index (χ1) is 12.7. The molecule has 0 aliphatic carbocycles. The second kappa shape index (κ2) is 6.61. The molecular formula is C19H16N6S. The lowest BCUT2D eigenvalue weighted by Crippen LogP contribution is -2.02. The van der Waals surface area contributed by atoms with E-state index in [0.29, 0.717) is 5.84 Å². The molecule has 0 spiro atoms. The molecule has 4 heterocycles. The van der Waals surface area contributed by atoms with Crippen LogP contribution >= 0.6 is 11.3 Å². The minimum absolute atomic E-state index is 0.528. The molecule has 0 fully saturated rings. The monoisotopic (exact) mass is 360 g/mol. The molecule has 4 aromatic rings. The smallest absolute Gasteiger partial charge is 0.173 e. The molecule has 7 heteroatoms. The van der Waals surface area contributed by atoms with Gasteiger partial charge in [-0.15, -0.1) is 11.3 Å². The zero-order valence-corrected chi connectivity index (χ0v) is 15.2. The highest BCUT2D eigenvalue weighted by atomic mass is 32.1. The predicted molar refractivity (Wildman–Crippen MR) is 107 cm³/mol. The van der Waals surface area contributed by atoms with Gasteiger partial charge in [-0.05, 0) is 31.0 Å². The van der Waals surface area contributed by atoms with Gasteiger partial charge in [0, 0.05) is 49.8 Å². The van der Waals surface area contributed by atoms with Gasteiger partial charge in [-0.2, -0.15) is 0 Å². The minimum atomic E-state index is 0.528. The van der Waals surface area contributed by atoms with Gasteiger partial charge in [0.15, 0.2) is 5.84 Å². The molecule has 4 rings (SSSR count). The summed E-state index contributed by atoms with van der Waals surface area (Å²) in [5.74, 6) is 0.528. The normalized spacial score (nSPS) is 11.8. The van der Waals surface area contributed by atoms with E-state index in [-0.39, 0.29) is 0 Å². The molecule has 0 unspecified atom stereocenters. The molecule has 0 saturated carbocycles. The Morgan fingerprint density at radius 1 is 1.27 bits per heavy atom. The number of hydrogen-bond donors (Lipinski definition) is 0. The van der Waals surface area contributed by atoms with Gasteiger partial charge >= 0.3 is 0 Å². The van der Waals surface area contributed by atoms with E-state index in [1.807, 2.05) is 43.8 Å². The largest absolute Gasteiger partial charge is 0.350 e.